The number of hydrogen-bond donors (Lipinski definition) is 0. The third kappa shape index (κ3) is 2.56. The molecule has 0 amide bonds. The van der Waals surface area contributed by atoms with E-state index in [1.54, 1.807) is 0 Å². The quantitative estimate of drug-likeness (QED) is 0.436. The van der Waals surface area contributed by atoms with Crippen molar-refractivity contribution in [3.8, 4) is 0 Å². The van der Waals surface area contributed by atoms with E-state index < -0.39 is 0 Å². The van der Waals surface area contributed by atoms with E-state index in [1.165, 1.54) is 19.6 Å². The van der Waals surface area contributed by atoms with Gasteiger partial charge in [-0.15, -0.1) is 0 Å². The van der Waals surface area contributed by atoms with Crippen LogP contribution >= 0.6 is 23.5 Å². The lowest BCUT2D eigenvalue weighted by molar-refractivity contribution is 0.824. The molecule has 2 aliphatic heterocycles. The Morgan fingerprint density at radius 3 is 1.00 bits per heavy atom. The van der Waals surface area contributed by atoms with Crippen molar-refractivity contribution in [1.82, 2.24) is 0 Å². The zero-order valence-corrected chi connectivity index (χ0v) is 9.57. The highest BCUT2D eigenvalue weighted by atomic mass is 32.2. The molecule has 3 heteroatoms. The minimum atomic E-state index is 0. The topological polar surface area (TPSA) is 31.5 Å². The van der Waals surface area contributed by atoms with E-state index in [0.717, 1.165) is 0 Å². The van der Waals surface area contributed by atoms with Crippen molar-refractivity contribution < 1.29 is 5.48 Å². The summed E-state index contributed by atoms with van der Waals surface area (Å²) in [6.07, 6.45) is 0. The predicted octanol–water partition coefficient (Wildman–Crippen LogP) is 3.48. The summed E-state index contributed by atoms with van der Waals surface area (Å²) in [6.45, 7) is 0. The standard InChI is InChI=1S/2C6H4S.H2O/c2*1-2-4-6-5(3-1)7-6;/h2*1-4H;1H2. The van der Waals surface area contributed by atoms with Gasteiger partial charge in [0.05, 0.1) is 0 Å². The van der Waals surface area contributed by atoms with E-state index in [2.05, 4.69) is 48.5 Å². The van der Waals surface area contributed by atoms with Crippen LogP contribution in [0.15, 0.2) is 68.1 Å². The lowest BCUT2D eigenvalue weighted by atomic mass is 10.4. The van der Waals surface area contributed by atoms with Gasteiger partial charge in [-0.05, 0) is 24.3 Å². The van der Waals surface area contributed by atoms with Crippen LogP contribution in [0.5, 0.6) is 0 Å². The van der Waals surface area contributed by atoms with E-state index in [1.807, 2.05) is 23.5 Å². The Balaban J connectivity index is 0.000000107. The SMILES string of the molecule is O.c1ccc2c(c1)S2.c1ccc2c(c1)S2. The fourth-order valence-electron chi connectivity index (χ4n) is 1.22. The van der Waals surface area contributed by atoms with E-state index in [0.29, 0.717) is 0 Å². The van der Waals surface area contributed by atoms with Crippen LogP contribution in [0.3, 0.4) is 0 Å². The molecule has 15 heavy (non-hydrogen) atoms. The molecule has 76 valence electrons. The highest BCUT2D eigenvalue weighted by Crippen LogP contribution is 2.47. The van der Waals surface area contributed by atoms with Crippen molar-refractivity contribution in [2.75, 3.05) is 0 Å². The van der Waals surface area contributed by atoms with Crippen molar-refractivity contribution in [3.05, 3.63) is 48.5 Å². The Hall–Kier alpha value is -0.900. The molecule has 0 saturated heterocycles. The van der Waals surface area contributed by atoms with Crippen LogP contribution in [0, 0.1) is 0 Å². The summed E-state index contributed by atoms with van der Waals surface area (Å²) in [4.78, 5) is 5.79. The Morgan fingerprint density at radius 1 is 0.533 bits per heavy atom. The van der Waals surface area contributed by atoms with Gasteiger partial charge in [0.1, 0.15) is 0 Å². The summed E-state index contributed by atoms with van der Waals surface area (Å²) < 4.78 is 0. The molecule has 0 fully saturated rings. The van der Waals surface area contributed by atoms with Crippen LogP contribution in [0.4, 0.5) is 0 Å². The molecule has 0 aliphatic carbocycles. The first-order valence-corrected chi connectivity index (χ1v) is 6.10. The molecule has 0 unspecified atom stereocenters. The van der Waals surface area contributed by atoms with Gasteiger partial charge in [0.2, 0.25) is 0 Å². The molecule has 2 N–H and O–H groups in total. The molecule has 0 spiro atoms. The Kier molecular flexibility index (Phi) is 3.05. The second-order valence-electron chi connectivity index (χ2n) is 3.10. The highest BCUT2D eigenvalue weighted by Gasteiger charge is 2.14. The maximum absolute atomic E-state index is 2.14. The Morgan fingerprint density at radius 2 is 0.800 bits per heavy atom. The third-order valence-electron chi connectivity index (χ3n) is 2.05. The largest absolute Gasteiger partial charge is 0.412 e. The molecule has 2 aliphatic rings. The summed E-state index contributed by atoms with van der Waals surface area (Å²) in [7, 11) is 0. The lowest BCUT2D eigenvalue weighted by Gasteiger charge is -1.66. The minimum absolute atomic E-state index is 0. The van der Waals surface area contributed by atoms with Crippen LogP contribution in [-0.4, -0.2) is 5.48 Å². The van der Waals surface area contributed by atoms with Crippen LogP contribution in [0.2, 0.25) is 0 Å². The van der Waals surface area contributed by atoms with Gasteiger partial charge >= 0.3 is 0 Å². The monoisotopic (exact) mass is 234 g/mol. The van der Waals surface area contributed by atoms with Gasteiger partial charge in [-0.25, -0.2) is 0 Å². The third-order valence-corrected chi connectivity index (χ3v) is 3.95. The van der Waals surface area contributed by atoms with Gasteiger partial charge in [-0.2, -0.15) is 0 Å². The van der Waals surface area contributed by atoms with E-state index in [4.69, 9.17) is 0 Å². The normalized spacial score (nSPS) is 12.3. The second kappa shape index (κ2) is 4.31. The average Bonchev–Trinajstić information content (AvgIpc) is 3.13. The first kappa shape index (κ1) is 10.6. The first-order valence-electron chi connectivity index (χ1n) is 4.47. The van der Waals surface area contributed by atoms with Gasteiger partial charge < -0.3 is 5.48 Å². The summed E-state index contributed by atoms with van der Waals surface area (Å²) >= 11 is 3.72. The number of rotatable bonds is 0. The van der Waals surface area contributed by atoms with Gasteiger partial charge in [-0.1, -0.05) is 47.8 Å². The fourth-order valence-corrected chi connectivity index (χ4v) is 2.45. The molecule has 2 aromatic rings. The number of hydrogen-bond acceptors (Lipinski definition) is 2. The average molecular weight is 234 g/mol. The second-order valence-corrected chi connectivity index (χ2v) is 5.27. The molecular formula is C12H10OS2. The first-order chi connectivity index (χ1) is 6.93. The van der Waals surface area contributed by atoms with Crippen LogP contribution < -0.4 is 0 Å². The summed E-state index contributed by atoms with van der Waals surface area (Å²) in [5.41, 5.74) is 0. The molecule has 0 aromatic heterocycles. The zero-order chi connectivity index (χ0) is 9.38. The van der Waals surface area contributed by atoms with Crippen molar-refractivity contribution >= 4 is 23.5 Å². The lowest BCUT2D eigenvalue weighted by Crippen LogP contribution is -1.46. The van der Waals surface area contributed by atoms with Crippen LogP contribution in [0.25, 0.3) is 0 Å². The van der Waals surface area contributed by atoms with Gasteiger partial charge in [0.25, 0.3) is 0 Å². The van der Waals surface area contributed by atoms with Gasteiger partial charge in [-0.3, -0.25) is 0 Å². The summed E-state index contributed by atoms with van der Waals surface area (Å²) in [5.74, 6) is 0. The van der Waals surface area contributed by atoms with E-state index in [-0.39, 0.29) is 5.48 Å². The molecule has 2 heterocycles. The maximum atomic E-state index is 2.14. The smallest absolute Gasteiger partial charge is 0.0262 e. The zero-order valence-electron chi connectivity index (χ0n) is 7.94. The number of benzene rings is 2. The van der Waals surface area contributed by atoms with Crippen LogP contribution in [0.1, 0.15) is 0 Å². The van der Waals surface area contributed by atoms with Crippen molar-refractivity contribution in [1.29, 1.82) is 0 Å². The highest BCUT2D eigenvalue weighted by molar-refractivity contribution is 8.05. The molecule has 2 aromatic carbocycles. The minimum Gasteiger partial charge on any atom is -0.412 e. The van der Waals surface area contributed by atoms with Crippen molar-refractivity contribution in [2.24, 2.45) is 0 Å². The molecule has 0 atom stereocenters. The number of fused-ring (bicyclic) bond motifs is 2. The van der Waals surface area contributed by atoms with E-state index in [9.17, 15) is 0 Å². The Bertz CT molecular complexity index is 395. The molecule has 4 rings (SSSR count). The van der Waals surface area contributed by atoms with Gasteiger partial charge in [0, 0.05) is 19.6 Å². The molecule has 1 nitrogen and oxygen atoms in total. The van der Waals surface area contributed by atoms with Crippen molar-refractivity contribution in [3.63, 3.8) is 0 Å². The molecular weight excluding hydrogens is 224 g/mol. The maximum Gasteiger partial charge on any atom is 0.0262 e. The molecule has 0 radical (unpaired) electrons. The summed E-state index contributed by atoms with van der Waals surface area (Å²) in [6, 6.07) is 16.8. The van der Waals surface area contributed by atoms with Gasteiger partial charge in [0.15, 0.2) is 0 Å². The van der Waals surface area contributed by atoms with Crippen LogP contribution in [-0.2, 0) is 0 Å². The molecule has 0 saturated carbocycles. The summed E-state index contributed by atoms with van der Waals surface area (Å²) in [5, 5.41) is 0. The van der Waals surface area contributed by atoms with E-state index >= 15 is 0 Å². The fraction of sp³-hybridized carbons (Fsp3) is 0. The molecule has 0 bridgehead atoms. The predicted molar refractivity (Wildman–Crippen MR) is 64.7 cm³/mol. The van der Waals surface area contributed by atoms with Crippen molar-refractivity contribution in [2.45, 2.75) is 19.6 Å². The Labute approximate surface area is 97.2 Å².